The van der Waals surface area contributed by atoms with E-state index in [0.29, 0.717) is 11.8 Å². The highest BCUT2D eigenvalue weighted by atomic mass is 32.2. The lowest BCUT2D eigenvalue weighted by atomic mass is 9.72. The molecule has 0 saturated heterocycles. The van der Waals surface area contributed by atoms with Gasteiger partial charge in [-0.05, 0) is 91.2 Å². The molecule has 0 spiro atoms. The highest BCUT2D eigenvalue weighted by Crippen LogP contribution is 2.58. The first kappa shape index (κ1) is 46.7. The van der Waals surface area contributed by atoms with Gasteiger partial charge in [0.2, 0.25) is 10.0 Å². The van der Waals surface area contributed by atoms with E-state index in [9.17, 15) is 18.0 Å². The molecule has 0 radical (unpaired) electrons. The number of cyclic esters (lactones) is 2. The van der Waals surface area contributed by atoms with Crippen molar-refractivity contribution in [2.24, 2.45) is 47.3 Å². The Morgan fingerprint density at radius 1 is 0.679 bits per heavy atom. The third-order valence-electron chi connectivity index (χ3n) is 14.1. The number of unbranched alkanes of at least 4 members (excludes halogenated alkanes) is 9. The van der Waals surface area contributed by atoms with Crippen molar-refractivity contribution in [3.8, 4) is 0 Å². The van der Waals surface area contributed by atoms with E-state index in [1.54, 1.807) is 0 Å². The monoisotopic (exact) mass is 796 g/mol. The minimum Gasteiger partial charge on any atom is -0.386 e. The van der Waals surface area contributed by atoms with E-state index >= 15 is 0 Å². The molecule has 0 aromatic heterocycles. The average Bonchev–Trinajstić information content (AvgIpc) is 3.82. The molecule has 1 aliphatic heterocycles. The van der Waals surface area contributed by atoms with E-state index in [-0.39, 0.29) is 22.6 Å². The van der Waals surface area contributed by atoms with Crippen molar-refractivity contribution in [2.75, 3.05) is 6.54 Å². The molecule has 2 bridgehead atoms. The number of nitrogens with one attached hydrogen (secondary N) is 1. The zero-order valence-corrected chi connectivity index (χ0v) is 37.4. The lowest BCUT2D eigenvalue weighted by Gasteiger charge is -2.33. The van der Waals surface area contributed by atoms with Gasteiger partial charge in [-0.25, -0.2) is 22.7 Å². The summed E-state index contributed by atoms with van der Waals surface area (Å²) >= 11 is 0. The topological polar surface area (TPSA) is 89.5 Å². The fourth-order valence-corrected chi connectivity index (χ4v) is 11.3. The van der Waals surface area contributed by atoms with E-state index in [1.807, 2.05) is 0 Å². The standard InChI is InChI=1S/C49H81NO5S/c1-7-37(4)22-14-11-9-8-10-12-15-23-38(5)25-18-19-27-43-41-33-40(46(34-41)44(43)28-17-13-16-24-39(6)26-20-21-36(2)3)31-32-50-56(53,54)42-29-30-45-47(35-42)49(52)55-48(45)51/h29-31,35-39,41,43-44,46,50H,7-28,32-34H2,1-6H3/b40-31-. The van der Waals surface area contributed by atoms with Crippen LogP contribution >= 0.6 is 0 Å². The predicted octanol–water partition coefficient (Wildman–Crippen LogP) is 13.6. The van der Waals surface area contributed by atoms with Crippen LogP contribution in [-0.2, 0) is 14.8 Å². The average molecular weight is 796 g/mol. The summed E-state index contributed by atoms with van der Waals surface area (Å²) in [5.74, 6) is 4.65. The smallest absolute Gasteiger partial charge is 0.346 e. The summed E-state index contributed by atoms with van der Waals surface area (Å²) in [5.41, 5.74) is 1.57. The van der Waals surface area contributed by atoms with Crippen molar-refractivity contribution < 1.29 is 22.7 Å². The molecule has 1 N–H and O–H groups in total. The molecule has 56 heavy (non-hydrogen) atoms. The molecule has 0 amide bonds. The van der Waals surface area contributed by atoms with Gasteiger partial charge in [0.05, 0.1) is 16.0 Å². The van der Waals surface area contributed by atoms with Crippen LogP contribution in [0, 0.1) is 47.3 Å². The summed E-state index contributed by atoms with van der Waals surface area (Å²) < 4.78 is 33.8. The van der Waals surface area contributed by atoms with E-state index in [1.165, 1.54) is 171 Å². The number of benzene rings is 1. The molecule has 1 aromatic rings. The summed E-state index contributed by atoms with van der Waals surface area (Å²) in [5, 5.41) is 0. The number of fused-ring (bicyclic) bond motifs is 3. The second-order valence-electron chi connectivity index (χ2n) is 19.2. The van der Waals surface area contributed by atoms with Crippen LogP contribution in [-0.4, -0.2) is 26.9 Å². The molecule has 1 aromatic carbocycles. The van der Waals surface area contributed by atoms with Gasteiger partial charge in [-0.2, -0.15) is 0 Å². The third kappa shape index (κ3) is 15.0. The molecule has 3 aliphatic rings. The predicted molar refractivity (Wildman–Crippen MR) is 232 cm³/mol. The number of esters is 2. The Bertz CT molecular complexity index is 1480. The molecule has 2 fully saturated rings. The summed E-state index contributed by atoms with van der Waals surface area (Å²) in [6, 6.07) is 3.99. The number of allylic oxidation sites excluding steroid dienone is 1. The van der Waals surface area contributed by atoms with Gasteiger partial charge in [0, 0.05) is 6.54 Å². The Morgan fingerprint density at radius 2 is 1.21 bits per heavy atom. The van der Waals surface area contributed by atoms with Crippen molar-refractivity contribution in [3.63, 3.8) is 0 Å². The van der Waals surface area contributed by atoms with Gasteiger partial charge in [-0.15, -0.1) is 0 Å². The number of sulfonamides is 1. The van der Waals surface area contributed by atoms with Crippen molar-refractivity contribution in [1.82, 2.24) is 4.72 Å². The fourth-order valence-electron chi connectivity index (χ4n) is 10.3. The molecule has 7 atom stereocenters. The van der Waals surface area contributed by atoms with E-state index in [2.05, 4.69) is 57.1 Å². The van der Waals surface area contributed by atoms with Crippen molar-refractivity contribution in [1.29, 1.82) is 0 Å². The van der Waals surface area contributed by atoms with Crippen LogP contribution in [0.3, 0.4) is 0 Å². The molecule has 1 heterocycles. The van der Waals surface area contributed by atoms with Crippen molar-refractivity contribution in [2.45, 2.75) is 201 Å². The largest absolute Gasteiger partial charge is 0.386 e. The first-order chi connectivity index (χ1) is 26.9. The first-order valence-electron chi connectivity index (χ1n) is 23.5. The quantitative estimate of drug-likeness (QED) is 0.0362. The van der Waals surface area contributed by atoms with E-state index < -0.39 is 22.0 Å². The van der Waals surface area contributed by atoms with Crippen LogP contribution in [0.25, 0.3) is 0 Å². The van der Waals surface area contributed by atoms with Gasteiger partial charge in [0.25, 0.3) is 0 Å². The number of rotatable bonds is 30. The van der Waals surface area contributed by atoms with Crippen LogP contribution in [0.1, 0.15) is 216 Å². The molecule has 2 saturated carbocycles. The Labute approximate surface area is 343 Å². The molecular weight excluding hydrogens is 715 g/mol. The summed E-state index contributed by atoms with van der Waals surface area (Å²) in [4.78, 5) is 23.8. The number of ether oxygens (including phenoxy) is 1. The minimum absolute atomic E-state index is 0.0112. The van der Waals surface area contributed by atoms with Crippen LogP contribution in [0.5, 0.6) is 0 Å². The maximum Gasteiger partial charge on any atom is 0.346 e. The van der Waals surface area contributed by atoms with Crippen molar-refractivity contribution in [3.05, 3.63) is 41.0 Å². The normalized spacial score (nSPS) is 22.9. The molecule has 2 aliphatic carbocycles. The number of carbonyl (C=O) groups is 2. The minimum atomic E-state index is -3.84. The maximum absolute atomic E-state index is 13.2. The Balaban J connectivity index is 1.21. The lowest BCUT2D eigenvalue weighted by Crippen LogP contribution is -2.27. The number of carbonyl (C=O) groups excluding carboxylic acids is 2. The van der Waals surface area contributed by atoms with Gasteiger partial charge in [0.15, 0.2) is 0 Å². The first-order valence-corrected chi connectivity index (χ1v) is 25.0. The maximum atomic E-state index is 13.2. The SMILES string of the molecule is CCC(C)CCCCCCCCCC(C)CCCCC1C2C/C(=C/CNS(=O)(=O)c3ccc4c(c3)C(=O)OC4=O)C(C2)C1CCCCCC(C)CCCC(C)C. The summed E-state index contributed by atoms with van der Waals surface area (Å²) in [7, 11) is -3.84. The third-order valence-corrected chi connectivity index (χ3v) is 15.5. The van der Waals surface area contributed by atoms with Crippen LogP contribution < -0.4 is 4.72 Å². The van der Waals surface area contributed by atoms with E-state index in [0.717, 1.165) is 41.9 Å². The molecule has 4 rings (SSSR count). The van der Waals surface area contributed by atoms with Gasteiger partial charge in [-0.1, -0.05) is 182 Å². The van der Waals surface area contributed by atoms with Gasteiger partial charge in [-0.3, -0.25) is 0 Å². The van der Waals surface area contributed by atoms with Crippen LogP contribution in [0.2, 0.25) is 0 Å². The highest BCUT2D eigenvalue weighted by Gasteiger charge is 2.48. The Morgan fingerprint density at radius 3 is 1.86 bits per heavy atom. The molecule has 7 heteroatoms. The molecule has 6 nitrogen and oxygen atoms in total. The van der Waals surface area contributed by atoms with Gasteiger partial charge < -0.3 is 4.74 Å². The summed E-state index contributed by atoms with van der Waals surface area (Å²) in [6.45, 7) is 14.5. The molecule has 318 valence electrons. The van der Waals surface area contributed by atoms with E-state index in [4.69, 9.17) is 0 Å². The summed E-state index contributed by atoms with van der Waals surface area (Å²) in [6.07, 6.45) is 34.6. The van der Waals surface area contributed by atoms with Crippen molar-refractivity contribution >= 4 is 22.0 Å². The zero-order valence-electron chi connectivity index (χ0n) is 36.6. The Hall–Kier alpha value is -1.99. The highest BCUT2D eigenvalue weighted by molar-refractivity contribution is 7.89. The second kappa shape index (κ2) is 24.2. The number of hydrogen-bond donors (Lipinski definition) is 1. The lowest BCUT2D eigenvalue weighted by molar-refractivity contribution is 0.0443. The zero-order chi connectivity index (χ0) is 40.5. The fraction of sp³-hybridized carbons (Fsp3) is 0.796. The van der Waals surface area contributed by atoms with Gasteiger partial charge >= 0.3 is 11.9 Å². The molecular formula is C49H81NO5S. The van der Waals surface area contributed by atoms with Gasteiger partial charge in [0.1, 0.15) is 0 Å². The van der Waals surface area contributed by atoms with Crippen LogP contribution in [0.4, 0.5) is 0 Å². The Kier molecular flexibility index (Phi) is 20.2. The second-order valence-corrected chi connectivity index (χ2v) is 20.9. The number of hydrogen-bond acceptors (Lipinski definition) is 5. The molecule has 7 unspecified atom stereocenters. The van der Waals surface area contributed by atoms with Crippen LogP contribution in [0.15, 0.2) is 34.7 Å².